The van der Waals surface area contributed by atoms with Gasteiger partial charge in [0.15, 0.2) is 0 Å². The van der Waals surface area contributed by atoms with E-state index in [0.717, 1.165) is 0 Å². The third-order valence-corrected chi connectivity index (χ3v) is 1.96. The van der Waals surface area contributed by atoms with E-state index < -0.39 is 6.16 Å². The quantitative estimate of drug-likeness (QED) is 0.483. The van der Waals surface area contributed by atoms with Crippen LogP contribution in [-0.2, 0) is 0 Å². The van der Waals surface area contributed by atoms with Crippen LogP contribution in [-0.4, -0.2) is 34.1 Å². The van der Waals surface area contributed by atoms with Gasteiger partial charge in [-0.05, 0) is 0 Å². The first kappa shape index (κ1) is 16.3. The molecule has 0 unspecified atom stereocenters. The molecule has 0 atom stereocenters. The van der Waals surface area contributed by atoms with Crippen molar-refractivity contribution >= 4 is 23.9 Å². The molecule has 3 nitrogen and oxygen atoms in total. The maximum absolute atomic E-state index is 8.56. The van der Waals surface area contributed by atoms with Crippen molar-refractivity contribution in [3.05, 3.63) is 0 Å². The molecule has 14 heavy (non-hydrogen) atoms. The van der Waals surface area contributed by atoms with Gasteiger partial charge >= 0.3 is 80.8 Å². The van der Waals surface area contributed by atoms with Gasteiger partial charge in [0.25, 0.3) is 0 Å². The van der Waals surface area contributed by atoms with Gasteiger partial charge in [0.2, 0.25) is 0 Å². The van der Waals surface area contributed by atoms with Crippen molar-refractivity contribution in [1.82, 2.24) is 0 Å². The molecule has 0 saturated carbocycles. The summed E-state index contributed by atoms with van der Waals surface area (Å²) in [7, 11) is 0. The number of hydrogen-bond donors (Lipinski definition) is 2. The molecule has 0 saturated heterocycles. The normalized spacial score (nSPS) is 9.07. The first-order valence-electron chi connectivity index (χ1n) is 5.57. The van der Waals surface area contributed by atoms with E-state index >= 15 is 0 Å². The van der Waals surface area contributed by atoms with Gasteiger partial charge in [-0.15, -0.1) is 0 Å². The molecule has 0 fully saturated rings. The molecular weight excluding hydrogens is 175 g/mol. The third-order valence-electron chi connectivity index (χ3n) is 1.96. The van der Waals surface area contributed by atoms with Crippen LogP contribution in [0.5, 0.6) is 0 Å². The Morgan fingerprint density at radius 1 is 1.00 bits per heavy atom. The minimum absolute atomic E-state index is 1.37. The second-order valence-corrected chi connectivity index (χ2v) is 3.40. The topological polar surface area (TPSA) is 57.5 Å². The Bertz CT molecular complexity index is 106. The fourth-order valence-corrected chi connectivity index (χ4v) is 1.21. The van der Waals surface area contributed by atoms with E-state index in [4.69, 9.17) is 15.0 Å². The predicted octanol–water partition coefficient (Wildman–Crippen LogP) is 3.55. The summed E-state index contributed by atoms with van der Waals surface area (Å²) in [5, 5.41) is 15.3. The summed E-state index contributed by atoms with van der Waals surface area (Å²) >= 11 is 2.27. The van der Waals surface area contributed by atoms with Crippen LogP contribution >= 0.6 is 0 Å². The van der Waals surface area contributed by atoms with Gasteiger partial charge in [0, 0.05) is 0 Å². The molecule has 0 bridgehead atoms. The summed E-state index contributed by atoms with van der Waals surface area (Å²) < 4.78 is 0. The zero-order valence-corrected chi connectivity index (χ0v) is 9.46. The SMILES string of the molecule is O=C(O)O.[Li][CH2]CCCCCCCC. The molecule has 0 radical (unpaired) electrons. The molecule has 0 aromatic heterocycles. The Hall–Kier alpha value is -0.133. The monoisotopic (exact) mass is 196 g/mol. The Labute approximate surface area is 96.1 Å². The van der Waals surface area contributed by atoms with Gasteiger partial charge in [-0.3, -0.25) is 0 Å². The standard InChI is InChI=1S/C9H19.CH2O3.Li/c1-3-5-7-9-8-6-4-2;2-1(3)4;/h1,3-9H2,2H3;(H2,2,3,4);. The summed E-state index contributed by atoms with van der Waals surface area (Å²) in [6, 6.07) is 0. The summed E-state index contributed by atoms with van der Waals surface area (Å²) in [4.78, 5) is 8.56. The molecule has 0 spiro atoms. The first-order valence-corrected chi connectivity index (χ1v) is 5.57. The Morgan fingerprint density at radius 3 is 1.71 bits per heavy atom. The van der Waals surface area contributed by atoms with Gasteiger partial charge in [0.05, 0.1) is 0 Å². The van der Waals surface area contributed by atoms with Crippen molar-refractivity contribution in [3.8, 4) is 0 Å². The molecule has 0 heterocycles. The van der Waals surface area contributed by atoms with Crippen LogP contribution in [0.25, 0.3) is 0 Å². The van der Waals surface area contributed by atoms with E-state index in [9.17, 15) is 0 Å². The van der Waals surface area contributed by atoms with E-state index in [2.05, 4.69) is 24.6 Å². The number of rotatable bonds is 7. The number of carbonyl (C=O) groups is 1. The van der Waals surface area contributed by atoms with Gasteiger partial charge in [0.1, 0.15) is 0 Å². The van der Waals surface area contributed by atoms with Crippen molar-refractivity contribution in [1.29, 1.82) is 0 Å². The van der Waals surface area contributed by atoms with Gasteiger partial charge in [-0.1, -0.05) is 0 Å². The van der Waals surface area contributed by atoms with Crippen LogP contribution in [0.4, 0.5) is 4.79 Å². The summed E-state index contributed by atoms with van der Waals surface area (Å²) in [5.41, 5.74) is 0. The van der Waals surface area contributed by atoms with Crippen molar-refractivity contribution in [2.45, 2.75) is 57.0 Å². The fraction of sp³-hybridized carbons (Fsp3) is 0.900. The number of hydrogen-bond acceptors (Lipinski definition) is 1. The Morgan fingerprint density at radius 2 is 1.36 bits per heavy atom. The van der Waals surface area contributed by atoms with Crippen molar-refractivity contribution in [2.24, 2.45) is 0 Å². The Balaban J connectivity index is 0. The molecule has 0 aliphatic carbocycles. The van der Waals surface area contributed by atoms with Crippen molar-refractivity contribution in [3.63, 3.8) is 0 Å². The van der Waals surface area contributed by atoms with Crippen LogP contribution < -0.4 is 0 Å². The molecule has 80 valence electrons. The zero-order chi connectivity index (χ0) is 11.2. The fourth-order valence-electron chi connectivity index (χ4n) is 1.21. The second-order valence-electron chi connectivity index (χ2n) is 3.40. The van der Waals surface area contributed by atoms with E-state index in [1.165, 1.54) is 50.0 Å². The zero-order valence-electron chi connectivity index (χ0n) is 9.46. The van der Waals surface area contributed by atoms with Gasteiger partial charge in [-0.25, -0.2) is 4.79 Å². The van der Waals surface area contributed by atoms with E-state index in [0.29, 0.717) is 0 Å². The van der Waals surface area contributed by atoms with Gasteiger partial charge < -0.3 is 10.2 Å². The summed E-state index contributed by atoms with van der Waals surface area (Å²) in [5.74, 6) is 0. The van der Waals surface area contributed by atoms with Crippen molar-refractivity contribution in [2.75, 3.05) is 0 Å². The third kappa shape index (κ3) is 29.7. The number of carboxylic acid groups (broad SMARTS) is 2. The van der Waals surface area contributed by atoms with Crippen LogP contribution in [0, 0.1) is 0 Å². The van der Waals surface area contributed by atoms with E-state index in [1.807, 2.05) is 0 Å². The maximum atomic E-state index is 8.56. The minimum atomic E-state index is -1.83. The second kappa shape index (κ2) is 15.3. The molecular formula is C10H21LiO3. The average molecular weight is 196 g/mol. The number of unbranched alkanes of at least 4 members (excludes halogenated alkanes) is 6. The summed E-state index contributed by atoms with van der Waals surface area (Å²) in [6.45, 7) is 2.27. The van der Waals surface area contributed by atoms with Crippen LogP contribution in [0.3, 0.4) is 0 Å². The van der Waals surface area contributed by atoms with E-state index in [-0.39, 0.29) is 0 Å². The van der Waals surface area contributed by atoms with Crippen molar-refractivity contribution < 1.29 is 15.0 Å². The molecule has 0 aromatic rings. The molecule has 0 amide bonds. The molecule has 2 N–H and O–H groups in total. The Kier molecular flexibility index (Phi) is 17.9. The molecule has 0 aliphatic rings. The van der Waals surface area contributed by atoms with Crippen LogP contribution in [0.2, 0.25) is 5.09 Å². The van der Waals surface area contributed by atoms with E-state index in [1.54, 1.807) is 0 Å². The van der Waals surface area contributed by atoms with Gasteiger partial charge in [-0.2, -0.15) is 0 Å². The van der Waals surface area contributed by atoms with Crippen LogP contribution in [0.15, 0.2) is 0 Å². The van der Waals surface area contributed by atoms with Crippen LogP contribution in [0.1, 0.15) is 51.9 Å². The molecule has 0 rings (SSSR count). The predicted molar refractivity (Wildman–Crippen MR) is 59.2 cm³/mol. The molecule has 0 aromatic carbocycles. The average Bonchev–Trinajstić information content (AvgIpc) is 2.10. The molecule has 4 heteroatoms. The summed E-state index contributed by atoms with van der Waals surface area (Å²) in [6.07, 6.45) is 8.26. The first-order chi connectivity index (χ1) is 6.65. The molecule has 0 aliphatic heterocycles.